The van der Waals surface area contributed by atoms with Crippen molar-refractivity contribution >= 4 is 0 Å². The van der Waals surface area contributed by atoms with Crippen LogP contribution in [0.2, 0.25) is 0 Å². The molecule has 0 bridgehead atoms. The van der Waals surface area contributed by atoms with E-state index in [1.165, 1.54) is 5.56 Å². The first kappa shape index (κ1) is 12.8. The Morgan fingerprint density at radius 3 is 2.80 bits per heavy atom. The van der Waals surface area contributed by atoms with Crippen LogP contribution in [0.1, 0.15) is 35.2 Å². The van der Waals surface area contributed by atoms with E-state index in [4.69, 9.17) is 9.68 Å². The van der Waals surface area contributed by atoms with Crippen LogP contribution in [-0.2, 0) is 6.54 Å². The summed E-state index contributed by atoms with van der Waals surface area (Å²) in [7, 11) is 0. The van der Waals surface area contributed by atoms with Gasteiger partial charge in [-0.15, -0.1) is 10.2 Å². The summed E-state index contributed by atoms with van der Waals surface area (Å²) in [5, 5.41) is 16.8. The molecule has 0 radical (unpaired) electrons. The number of nitrogens with zero attached hydrogens (tertiary/aromatic N) is 4. The highest BCUT2D eigenvalue weighted by atomic mass is 16.4. The SMILES string of the molecule is Cc1nnc(C2CCN(Cc3ccc(C#N)cc3)C2)o1. The maximum absolute atomic E-state index is 8.79. The van der Waals surface area contributed by atoms with Crippen LogP contribution in [0, 0.1) is 18.3 Å². The molecule has 0 amide bonds. The van der Waals surface area contributed by atoms with Crippen molar-refractivity contribution in [1.29, 1.82) is 5.26 Å². The van der Waals surface area contributed by atoms with Gasteiger partial charge in [0.1, 0.15) is 0 Å². The van der Waals surface area contributed by atoms with Gasteiger partial charge in [-0.1, -0.05) is 12.1 Å². The van der Waals surface area contributed by atoms with E-state index >= 15 is 0 Å². The highest BCUT2D eigenvalue weighted by Gasteiger charge is 2.27. The van der Waals surface area contributed by atoms with Crippen LogP contribution in [-0.4, -0.2) is 28.2 Å². The molecule has 1 aromatic heterocycles. The summed E-state index contributed by atoms with van der Waals surface area (Å²) in [6, 6.07) is 9.90. The third-order valence-corrected chi connectivity index (χ3v) is 3.65. The molecule has 20 heavy (non-hydrogen) atoms. The lowest BCUT2D eigenvalue weighted by Crippen LogP contribution is -2.19. The molecule has 5 heteroatoms. The number of likely N-dealkylation sites (tertiary alicyclic amines) is 1. The molecule has 1 aliphatic heterocycles. The predicted octanol–water partition coefficient (Wildman–Crippen LogP) is 2.24. The smallest absolute Gasteiger partial charge is 0.220 e. The molecule has 0 saturated carbocycles. The van der Waals surface area contributed by atoms with E-state index < -0.39 is 0 Å². The number of benzene rings is 1. The van der Waals surface area contributed by atoms with Crippen molar-refractivity contribution in [3.05, 3.63) is 47.2 Å². The van der Waals surface area contributed by atoms with E-state index in [1.807, 2.05) is 31.2 Å². The first-order valence-electron chi connectivity index (χ1n) is 6.76. The minimum Gasteiger partial charge on any atom is -0.425 e. The molecule has 3 rings (SSSR count). The van der Waals surface area contributed by atoms with Crippen molar-refractivity contribution in [2.45, 2.75) is 25.8 Å². The van der Waals surface area contributed by atoms with Crippen molar-refractivity contribution in [3.8, 4) is 6.07 Å². The zero-order valence-electron chi connectivity index (χ0n) is 11.4. The highest BCUT2D eigenvalue weighted by molar-refractivity contribution is 5.31. The number of nitriles is 1. The maximum Gasteiger partial charge on any atom is 0.220 e. The monoisotopic (exact) mass is 268 g/mol. The average Bonchev–Trinajstić information content (AvgIpc) is 3.09. The molecule has 5 nitrogen and oxygen atoms in total. The zero-order valence-corrected chi connectivity index (χ0v) is 11.4. The summed E-state index contributed by atoms with van der Waals surface area (Å²) < 4.78 is 5.51. The van der Waals surface area contributed by atoms with Gasteiger partial charge in [-0.05, 0) is 30.7 Å². The van der Waals surface area contributed by atoms with Gasteiger partial charge < -0.3 is 4.42 Å². The van der Waals surface area contributed by atoms with Crippen LogP contribution in [0.3, 0.4) is 0 Å². The third kappa shape index (κ3) is 2.70. The fraction of sp³-hybridized carbons (Fsp3) is 0.400. The Morgan fingerprint density at radius 1 is 1.35 bits per heavy atom. The molecule has 2 heterocycles. The zero-order chi connectivity index (χ0) is 13.9. The van der Waals surface area contributed by atoms with Crippen LogP contribution in [0.4, 0.5) is 0 Å². The van der Waals surface area contributed by atoms with Crippen LogP contribution in [0.15, 0.2) is 28.7 Å². The second kappa shape index (κ2) is 5.43. The molecule has 0 N–H and O–H groups in total. The summed E-state index contributed by atoms with van der Waals surface area (Å²) in [4.78, 5) is 2.38. The summed E-state index contributed by atoms with van der Waals surface area (Å²) in [5.41, 5.74) is 1.93. The Balaban J connectivity index is 1.61. The Bertz CT molecular complexity index is 626. The number of aryl methyl sites for hydroxylation is 1. The molecule has 1 aromatic carbocycles. The molecule has 1 unspecified atom stereocenters. The van der Waals surface area contributed by atoms with Gasteiger partial charge >= 0.3 is 0 Å². The summed E-state index contributed by atoms with van der Waals surface area (Å²) in [6.45, 7) is 4.70. The van der Waals surface area contributed by atoms with Gasteiger partial charge in [0.25, 0.3) is 0 Å². The molecule has 102 valence electrons. The van der Waals surface area contributed by atoms with Gasteiger partial charge in [0.05, 0.1) is 17.6 Å². The number of hydrogen-bond donors (Lipinski definition) is 0. The van der Waals surface area contributed by atoms with Gasteiger partial charge in [-0.3, -0.25) is 4.90 Å². The van der Waals surface area contributed by atoms with E-state index in [0.29, 0.717) is 17.4 Å². The van der Waals surface area contributed by atoms with Crippen LogP contribution in [0.25, 0.3) is 0 Å². The molecular formula is C15H16N4O. The third-order valence-electron chi connectivity index (χ3n) is 3.65. The molecular weight excluding hydrogens is 252 g/mol. The topological polar surface area (TPSA) is 66.0 Å². The molecule has 1 atom stereocenters. The number of hydrogen-bond acceptors (Lipinski definition) is 5. The average molecular weight is 268 g/mol. The van der Waals surface area contributed by atoms with E-state index in [1.54, 1.807) is 0 Å². The Labute approximate surface area is 117 Å². The molecule has 0 aliphatic carbocycles. The van der Waals surface area contributed by atoms with Gasteiger partial charge in [0, 0.05) is 20.0 Å². The number of rotatable bonds is 3. The van der Waals surface area contributed by atoms with Gasteiger partial charge in [-0.25, -0.2) is 0 Å². The standard InChI is InChI=1S/C15H16N4O/c1-11-17-18-15(20-11)14-6-7-19(10-14)9-13-4-2-12(8-16)3-5-13/h2-5,14H,6-7,9-10H2,1H3. The fourth-order valence-electron chi connectivity index (χ4n) is 2.60. The Hall–Kier alpha value is -2.19. The first-order valence-corrected chi connectivity index (χ1v) is 6.76. The minimum atomic E-state index is 0.342. The first-order chi connectivity index (χ1) is 9.74. The summed E-state index contributed by atoms with van der Waals surface area (Å²) >= 11 is 0. The summed E-state index contributed by atoms with van der Waals surface area (Å²) in [5.74, 6) is 1.73. The quantitative estimate of drug-likeness (QED) is 0.854. The van der Waals surface area contributed by atoms with Crippen molar-refractivity contribution in [2.24, 2.45) is 0 Å². The number of aromatic nitrogens is 2. The fourth-order valence-corrected chi connectivity index (χ4v) is 2.60. The van der Waals surface area contributed by atoms with E-state index in [2.05, 4.69) is 21.2 Å². The largest absolute Gasteiger partial charge is 0.425 e. The normalized spacial score (nSPS) is 19.1. The lowest BCUT2D eigenvalue weighted by molar-refractivity contribution is 0.319. The Kier molecular flexibility index (Phi) is 3.48. The molecule has 1 aliphatic rings. The maximum atomic E-state index is 8.79. The Morgan fingerprint density at radius 2 is 2.15 bits per heavy atom. The lowest BCUT2D eigenvalue weighted by Gasteiger charge is -2.15. The van der Waals surface area contributed by atoms with Crippen LogP contribution >= 0.6 is 0 Å². The second-order valence-corrected chi connectivity index (χ2v) is 5.19. The highest BCUT2D eigenvalue weighted by Crippen LogP contribution is 2.27. The van der Waals surface area contributed by atoms with Gasteiger partial charge in [0.15, 0.2) is 0 Å². The van der Waals surface area contributed by atoms with Crippen LogP contribution < -0.4 is 0 Å². The van der Waals surface area contributed by atoms with Crippen LogP contribution in [0.5, 0.6) is 0 Å². The molecule has 0 spiro atoms. The van der Waals surface area contributed by atoms with E-state index in [9.17, 15) is 0 Å². The predicted molar refractivity (Wildman–Crippen MR) is 72.8 cm³/mol. The van der Waals surface area contributed by atoms with Gasteiger partial charge in [-0.2, -0.15) is 5.26 Å². The molecule has 1 fully saturated rings. The lowest BCUT2D eigenvalue weighted by atomic mass is 10.1. The van der Waals surface area contributed by atoms with E-state index in [0.717, 1.165) is 31.9 Å². The van der Waals surface area contributed by atoms with Crippen molar-refractivity contribution in [2.75, 3.05) is 13.1 Å². The van der Waals surface area contributed by atoms with Crippen molar-refractivity contribution < 1.29 is 4.42 Å². The van der Waals surface area contributed by atoms with Crippen molar-refractivity contribution in [1.82, 2.24) is 15.1 Å². The molecule has 1 saturated heterocycles. The molecule has 2 aromatic rings. The minimum absolute atomic E-state index is 0.342. The van der Waals surface area contributed by atoms with E-state index in [-0.39, 0.29) is 0 Å². The second-order valence-electron chi connectivity index (χ2n) is 5.19. The summed E-state index contributed by atoms with van der Waals surface area (Å²) in [6.07, 6.45) is 1.05. The van der Waals surface area contributed by atoms with Crippen molar-refractivity contribution in [3.63, 3.8) is 0 Å². The van der Waals surface area contributed by atoms with Gasteiger partial charge in [0.2, 0.25) is 11.8 Å².